The molecule has 0 atom stereocenters. The van der Waals surface area contributed by atoms with E-state index in [0.29, 0.717) is 23.6 Å². The monoisotopic (exact) mass is 378 g/mol. The standard InChI is InChI=1S/C23H26N2O3/c1-27-20-11-10-18(16-25-12-6-3-7-13-25)19-14-21(28-22(19)20)23(26)24-15-17-8-4-2-5-9-17/h2,4-5,8-11,14H,3,6-7,12-13,15-16H2,1H3,(H,24,26). The molecule has 0 radical (unpaired) electrons. The van der Waals surface area contributed by atoms with Gasteiger partial charge >= 0.3 is 0 Å². The van der Waals surface area contributed by atoms with Crippen molar-refractivity contribution >= 4 is 16.9 Å². The molecule has 1 aliphatic rings. The van der Waals surface area contributed by atoms with Gasteiger partial charge < -0.3 is 14.5 Å². The molecule has 2 aromatic carbocycles. The minimum atomic E-state index is -0.217. The second kappa shape index (κ2) is 8.48. The number of rotatable bonds is 6. The highest BCUT2D eigenvalue weighted by molar-refractivity contribution is 5.98. The second-order valence-electron chi connectivity index (χ2n) is 7.29. The number of ether oxygens (including phenoxy) is 1. The van der Waals surface area contributed by atoms with Gasteiger partial charge in [0, 0.05) is 18.5 Å². The molecule has 1 amide bonds. The summed E-state index contributed by atoms with van der Waals surface area (Å²) in [6.07, 6.45) is 3.81. The van der Waals surface area contributed by atoms with E-state index in [1.165, 1.54) is 24.8 Å². The average Bonchev–Trinajstić information content (AvgIpc) is 3.20. The van der Waals surface area contributed by atoms with E-state index in [1.54, 1.807) is 7.11 Å². The van der Waals surface area contributed by atoms with Crippen LogP contribution in [0.15, 0.2) is 52.9 Å². The Morgan fingerprint density at radius 3 is 2.64 bits per heavy atom. The minimum Gasteiger partial charge on any atom is -0.493 e. The SMILES string of the molecule is COc1ccc(CN2CCCCC2)c2cc(C(=O)NCc3ccccc3)oc12. The van der Waals surface area contributed by atoms with Crippen LogP contribution in [-0.4, -0.2) is 31.0 Å². The zero-order chi connectivity index (χ0) is 19.3. The first kappa shape index (κ1) is 18.6. The molecule has 1 aromatic heterocycles. The number of hydrogen-bond acceptors (Lipinski definition) is 4. The molecule has 5 heteroatoms. The molecule has 28 heavy (non-hydrogen) atoms. The molecule has 5 nitrogen and oxygen atoms in total. The number of likely N-dealkylation sites (tertiary alicyclic amines) is 1. The molecule has 146 valence electrons. The Balaban J connectivity index is 1.57. The highest BCUT2D eigenvalue weighted by atomic mass is 16.5. The zero-order valence-electron chi connectivity index (χ0n) is 16.2. The van der Waals surface area contributed by atoms with Crippen LogP contribution in [0.25, 0.3) is 11.0 Å². The summed E-state index contributed by atoms with van der Waals surface area (Å²) in [6.45, 7) is 3.57. The molecule has 0 bridgehead atoms. The molecule has 1 fully saturated rings. The maximum absolute atomic E-state index is 12.6. The molecular formula is C23H26N2O3. The number of hydrogen-bond donors (Lipinski definition) is 1. The lowest BCUT2D eigenvalue weighted by Crippen LogP contribution is -2.29. The number of carbonyl (C=O) groups excluding carboxylic acids is 1. The highest BCUT2D eigenvalue weighted by Gasteiger charge is 2.19. The number of nitrogens with zero attached hydrogens (tertiary/aromatic N) is 1. The molecule has 3 aromatic rings. The summed E-state index contributed by atoms with van der Waals surface area (Å²) >= 11 is 0. The number of piperidine rings is 1. The fourth-order valence-electron chi connectivity index (χ4n) is 3.79. The maximum atomic E-state index is 12.6. The van der Waals surface area contributed by atoms with Crippen molar-refractivity contribution in [1.29, 1.82) is 0 Å². The smallest absolute Gasteiger partial charge is 0.287 e. The van der Waals surface area contributed by atoms with E-state index in [4.69, 9.17) is 9.15 Å². The lowest BCUT2D eigenvalue weighted by Gasteiger charge is -2.26. The number of fused-ring (bicyclic) bond motifs is 1. The fourth-order valence-corrected chi connectivity index (χ4v) is 3.79. The molecule has 2 heterocycles. The van der Waals surface area contributed by atoms with Crippen LogP contribution in [0.5, 0.6) is 5.75 Å². The first-order valence-corrected chi connectivity index (χ1v) is 9.88. The van der Waals surface area contributed by atoms with Crippen LogP contribution in [0.3, 0.4) is 0 Å². The van der Waals surface area contributed by atoms with E-state index in [1.807, 2.05) is 42.5 Å². The number of methoxy groups -OCH3 is 1. The van der Waals surface area contributed by atoms with E-state index in [0.717, 1.165) is 30.6 Å². The molecule has 4 rings (SSSR count). The Labute approximate surface area is 165 Å². The van der Waals surface area contributed by atoms with E-state index in [9.17, 15) is 4.79 Å². The number of amides is 1. The van der Waals surface area contributed by atoms with E-state index in [2.05, 4.69) is 16.3 Å². The summed E-state index contributed by atoms with van der Waals surface area (Å²) in [6, 6.07) is 15.7. The summed E-state index contributed by atoms with van der Waals surface area (Å²) in [5, 5.41) is 3.88. The van der Waals surface area contributed by atoms with E-state index < -0.39 is 0 Å². The molecule has 1 aliphatic heterocycles. The van der Waals surface area contributed by atoms with Crippen LogP contribution < -0.4 is 10.1 Å². The minimum absolute atomic E-state index is 0.217. The number of nitrogens with one attached hydrogen (secondary N) is 1. The van der Waals surface area contributed by atoms with Crippen molar-refractivity contribution < 1.29 is 13.9 Å². The Hall–Kier alpha value is -2.79. The number of furan rings is 1. The highest BCUT2D eigenvalue weighted by Crippen LogP contribution is 2.32. The van der Waals surface area contributed by atoms with Crippen molar-refractivity contribution in [3.05, 3.63) is 65.4 Å². The van der Waals surface area contributed by atoms with Crippen molar-refractivity contribution in [2.75, 3.05) is 20.2 Å². The topological polar surface area (TPSA) is 54.7 Å². The van der Waals surface area contributed by atoms with Crippen molar-refractivity contribution in [1.82, 2.24) is 10.2 Å². The van der Waals surface area contributed by atoms with Crippen LogP contribution in [0.2, 0.25) is 0 Å². The molecule has 1 N–H and O–H groups in total. The van der Waals surface area contributed by atoms with Gasteiger partial charge in [0.25, 0.3) is 5.91 Å². The van der Waals surface area contributed by atoms with Gasteiger partial charge in [-0.1, -0.05) is 42.8 Å². The third-order valence-corrected chi connectivity index (χ3v) is 5.32. The van der Waals surface area contributed by atoms with Crippen LogP contribution >= 0.6 is 0 Å². The molecular weight excluding hydrogens is 352 g/mol. The fraction of sp³-hybridized carbons (Fsp3) is 0.348. The van der Waals surface area contributed by atoms with E-state index >= 15 is 0 Å². The summed E-state index contributed by atoms with van der Waals surface area (Å²) in [7, 11) is 1.62. The zero-order valence-corrected chi connectivity index (χ0v) is 16.2. The molecule has 0 aliphatic carbocycles. The Kier molecular flexibility index (Phi) is 5.63. The quantitative estimate of drug-likeness (QED) is 0.693. The van der Waals surface area contributed by atoms with Gasteiger partial charge in [-0.25, -0.2) is 0 Å². The Bertz CT molecular complexity index is 943. The Morgan fingerprint density at radius 2 is 1.89 bits per heavy atom. The van der Waals surface area contributed by atoms with Crippen molar-refractivity contribution in [2.24, 2.45) is 0 Å². The molecule has 1 saturated heterocycles. The maximum Gasteiger partial charge on any atom is 0.287 e. The van der Waals surface area contributed by atoms with Crippen LogP contribution in [0.1, 0.15) is 40.9 Å². The van der Waals surface area contributed by atoms with Crippen LogP contribution in [0, 0.1) is 0 Å². The van der Waals surface area contributed by atoms with Gasteiger partial charge in [-0.2, -0.15) is 0 Å². The van der Waals surface area contributed by atoms with Gasteiger partial charge in [0.2, 0.25) is 0 Å². The third kappa shape index (κ3) is 4.04. The number of benzene rings is 2. The normalized spacial score (nSPS) is 14.9. The van der Waals surface area contributed by atoms with Crippen LogP contribution in [0.4, 0.5) is 0 Å². The first-order valence-electron chi connectivity index (χ1n) is 9.88. The summed E-state index contributed by atoms with van der Waals surface area (Å²) in [5.74, 6) is 0.751. The summed E-state index contributed by atoms with van der Waals surface area (Å²) in [5.41, 5.74) is 2.86. The predicted octanol–water partition coefficient (Wildman–Crippen LogP) is 4.36. The second-order valence-corrected chi connectivity index (χ2v) is 7.29. The van der Waals surface area contributed by atoms with Gasteiger partial charge in [0.15, 0.2) is 17.1 Å². The van der Waals surface area contributed by atoms with Crippen LogP contribution in [-0.2, 0) is 13.1 Å². The van der Waals surface area contributed by atoms with Gasteiger partial charge in [0.1, 0.15) is 0 Å². The van der Waals surface area contributed by atoms with Crippen molar-refractivity contribution in [3.63, 3.8) is 0 Å². The van der Waals surface area contributed by atoms with Gasteiger partial charge in [0.05, 0.1) is 7.11 Å². The summed E-state index contributed by atoms with van der Waals surface area (Å²) in [4.78, 5) is 15.1. The summed E-state index contributed by atoms with van der Waals surface area (Å²) < 4.78 is 11.4. The lowest BCUT2D eigenvalue weighted by molar-refractivity contribution is 0.0925. The molecule has 0 saturated carbocycles. The van der Waals surface area contributed by atoms with Gasteiger partial charge in [-0.15, -0.1) is 0 Å². The van der Waals surface area contributed by atoms with Crippen molar-refractivity contribution in [3.8, 4) is 5.75 Å². The Morgan fingerprint density at radius 1 is 1.11 bits per heavy atom. The van der Waals surface area contributed by atoms with Gasteiger partial charge in [-0.05, 0) is 49.2 Å². The van der Waals surface area contributed by atoms with E-state index in [-0.39, 0.29) is 5.91 Å². The average molecular weight is 378 g/mol. The molecule has 0 spiro atoms. The lowest BCUT2D eigenvalue weighted by atomic mass is 10.1. The molecule has 0 unspecified atom stereocenters. The number of carbonyl (C=O) groups is 1. The third-order valence-electron chi connectivity index (χ3n) is 5.32. The largest absolute Gasteiger partial charge is 0.493 e. The van der Waals surface area contributed by atoms with Gasteiger partial charge in [-0.3, -0.25) is 9.69 Å². The predicted molar refractivity (Wildman–Crippen MR) is 110 cm³/mol. The van der Waals surface area contributed by atoms with Crippen molar-refractivity contribution in [2.45, 2.75) is 32.4 Å². The first-order chi connectivity index (χ1) is 13.7.